The highest BCUT2D eigenvalue weighted by atomic mass is 16.5. The number of hydrogen-bond donors (Lipinski definition) is 2. The van der Waals surface area contributed by atoms with Crippen LogP contribution in [0.4, 0.5) is 5.82 Å². The van der Waals surface area contributed by atoms with Crippen LogP contribution < -0.4 is 11.3 Å². The first-order valence-electron chi connectivity index (χ1n) is 5.03. The molecule has 0 aliphatic rings. The van der Waals surface area contributed by atoms with Crippen LogP contribution >= 0.6 is 0 Å². The van der Waals surface area contributed by atoms with Crippen molar-refractivity contribution in [1.82, 2.24) is 10.1 Å². The molecule has 16 heavy (non-hydrogen) atoms. The number of nitrogens with one attached hydrogen (secondary N) is 1. The summed E-state index contributed by atoms with van der Waals surface area (Å²) in [4.78, 5) is 13.5. The first kappa shape index (κ1) is 10.5. The van der Waals surface area contributed by atoms with Gasteiger partial charge in [-0.15, -0.1) is 0 Å². The smallest absolute Gasteiger partial charge is 0.247 e. The highest BCUT2D eigenvalue weighted by Crippen LogP contribution is 2.32. The molecule has 0 aromatic carbocycles. The number of rotatable bonds is 2. The Hall–Kier alpha value is -2.04. The van der Waals surface area contributed by atoms with Crippen LogP contribution in [0.25, 0.3) is 11.3 Å². The molecule has 0 aliphatic carbocycles. The summed E-state index contributed by atoms with van der Waals surface area (Å²) in [7, 11) is 0. The molecule has 0 fully saturated rings. The van der Waals surface area contributed by atoms with E-state index in [1.165, 1.54) is 6.07 Å². The van der Waals surface area contributed by atoms with E-state index in [0.717, 1.165) is 11.1 Å². The van der Waals surface area contributed by atoms with Gasteiger partial charge in [-0.05, 0) is 12.0 Å². The summed E-state index contributed by atoms with van der Waals surface area (Å²) in [6.07, 6.45) is 1.59. The molecule has 0 unspecified atom stereocenters. The standard InChI is InChI=1S/C11H13N3O2/c1-6(2)9-10(16-14-11(9)12)7-3-4-8(15)13-5-7/h3-6H,1-2H3,(H2,12,14)(H,13,15). The van der Waals surface area contributed by atoms with Gasteiger partial charge < -0.3 is 15.2 Å². The largest absolute Gasteiger partial charge is 0.381 e. The van der Waals surface area contributed by atoms with Gasteiger partial charge in [0.25, 0.3) is 0 Å². The number of hydrogen-bond acceptors (Lipinski definition) is 4. The number of nitrogen functional groups attached to an aromatic ring is 1. The van der Waals surface area contributed by atoms with Crippen LogP contribution in [0.5, 0.6) is 0 Å². The van der Waals surface area contributed by atoms with Crippen molar-refractivity contribution in [3.8, 4) is 11.3 Å². The molecule has 2 aromatic rings. The molecule has 0 spiro atoms. The average molecular weight is 219 g/mol. The van der Waals surface area contributed by atoms with Crippen molar-refractivity contribution in [3.63, 3.8) is 0 Å². The number of aromatic nitrogens is 2. The fourth-order valence-corrected chi connectivity index (χ4v) is 1.63. The van der Waals surface area contributed by atoms with E-state index < -0.39 is 0 Å². The van der Waals surface area contributed by atoms with Crippen LogP contribution in [-0.4, -0.2) is 10.1 Å². The maximum Gasteiger partial charge on any atom is 0.247 e. The molecule has 0 radical (unpaired) electrons. The molecular weight excluding hydrogens is 206 g/mol. The number of anilines is 1. The summed E-state index contributed by atoms with van der Waals surface area (Å²) in [5.41, 5.74) is 7.22. The maximum absolute atomic E-state index is 11.0. The Balaban J connectivity index is 2.56. The highest BCUT2D eigenvalue weighted by molar-refractivity contribution is 5.66. The van der Waals surface area contributed by atoms with Crippen LogP contribution in [0.2, 0.25) is 0 Å². The Kier molecular flexibility index (Phi) is 2.52. The van der Waals surface area contributed by atoms with Gasteiger partial charge in [-0.2, -0.15) is 0 Å². The molecule has 2 rings (SSSR count). The molecule has 0 atom stereocenters. The molecule has 2 heterocycles. The van der Waals surface area contributed by atoms with Crippen molar-refractivity contribution in [3.05, 3.63) is 34.2 Å². The van der Waals surface area contributed by atoms with E-state index in [4.69, 9.17) is 10.3 Å². The molecule has 84 valence electrons. The Labute approximate surface area is 92.3 Å². The molecule has 2 aromatic heterocycles. The van der Waals surface area contributed by atoms with Crippen molar-refractivity contribution in [2.75, 3.05) is 5.73 Å². The Morgan fingerprint density at radius 1 is 1.44 bits per heavy atom. The normalized spacial score (nSPS) is 10.9. The number of pyridine rings is 1. The number of H-pyrrole nitrogens is 1. The first-order valence-corrected chi connectivity index (χ1v) is 5.03. The predicted octanol–water partition coefficient (Wildman–Crippen LogP) is 1.74. The highest BCUT2D eigenvalue weighted by Gasteiger charge is 2.18. The van der Waals surface area contributed by atoms with Crippen molar-refractivity contribution in [1.29, 1.82) is 0 Å². The van der Waals surface area contributed by atoms with E-state index in [2.05, 4.69) is 10.1 Å². The van der Waals surface area contributed by atoms with Gasteiger partial charge in [0.2, 0.25) is 5.56 Å². The lowest BCUT2D eigenvalue weighted by molar-refractivity contribution is 0.434. The van der Waals surface area contributed by atoms with Crippen LogP contribution in [0.3, 0.4) is 0 Å². The summed E-state index contributed by atoms with van der Waals surface area (Å²) in [6, 6.07) is 3.13. The lowest BCUT2D eigenvalue weighted by Gasteiger charge is -2.04. The minimum atomic E-state index is -0.151. The van der Waals surface area contributed by atoms with Crippen LogP contribution in [-0.2, 0) is 0 Å². The summed E-state index contributed by atoms with van der Waals surface area (Å²) >= 11 is 0. The third kappa shape index (κ3) is 1.71. The third-order valence-corrected chi connectivity index (χ3v) is 2.38. The lowest BCUT2D eigenvalue weighted by Crippen LogP contribution is -2.02. The Morgan fingerprint density at radius 3 is 2.75 bits per heavy atom. The fourth-order valence-electron chi connectivity index (χ4n) is 1.63. The van der Waals surface area contributed by atoms with Gasteiger partial charge in [0.05, 0.1) is 0 Å². The Bertz CT molecular complexity index is 534. The van der Waals surface area contributed by atoms with Gasteiger partial charge in [-0.25, -0.2) is 0 Å². The zero-order valence-electron chi connectivity index (χ0n) is 9.15. The van der Waals surface area contributed by atoms with Gasteiger partial charge in [0.1, 0.15) is 0 Å². The SMILES string of the molecule is CC(C)c1c(N)noc1-c1ccc(=O)[nH]c1. The van der Waals surface area contributed by atoms with E-state index in [0.29, 0.717) is 11.6 Å². The average Bonchev–Trinajstić information content (AvgIpc) is 2.61. The third-order valence-electron chi connectivity index (χ3n) is 2.38. The molecule has 3 N–H and O–H groups in total. The van der Waals surface area contributed by atoms with Crippen LogP contribution in [0.15, 0.2) is 27.6 Å². The van der Waals surface area contributed by atoms with Crippen LogP contribution in [0.1, 0.15) is 25.3 Å². The Morgan fingerprint density at radius 2 is 2.19 bits per heavy atom. The van der Waals surface area contributed by atoms with Gasteiger partial charge >= 0.3 is 0 Å². The van der Waals surface area contributed by atoms with Crippen molar-refractivity contribution >= 4 is 5.82 Å². The number of aromatic amines is 1. The second-order valence-electron chi connectivity index (χ2n) is 3.91. The first-order chi connectivity index (χ1) is 7.59. The zero-order chi connectivity index (χ0) is 11.7. The summed E-state index contributed by atoms with van der Waals surface area (Å²) < 4.78 is 5.19. The van der Waals surface area contributed by atoms with Gasteiger partial charge in [-0.3, -0.25) is 4.79 Å². The monoisotopic (exact) mass is 219 g/mol. The van der Waals surface area contributed by atoms with E-state index >= 15 is 0 Å². The molecule has 0 aliphatic heterocycles. The lowest BCUT2D eigenvalue weighted by atomic mass is 10.0. The summed E-state index contributed by atoms with van der Waals surface area (Å²) in [5.74, 6) is 1.23. The van der Waals surface area contributed by atoms with E-state index in [9.17, 15) is 4.79 Å². The molecule has 5 nitrogen and oxygen atoms in total. The van der Waals surface area contributed by atoms with E-state index in [-0.39, 0.29) is 11.5 Å². The van der Waals surface area contributed by atoms with E-state index in [1.807, 2.05) is 13.8 Å². The van der Waals surface area contributed by atoms with Crippen molar-refractivity contribution in [2.45, 2.75) is 19.8 Å². The molecule has 5 heteroatoms. The summed E-state index contributed by atoms with van der Waals surface area (Å²) in [6.45, 7) is 4.02. The minimum absolute atomic E-state index is 0.151. The van der Waals surface area contributed by atoms with Crippen molar-refractivity contribution < 1.29 is 4.52 Å². The number of nitrogens with two attached hydrogens (primary N) is 1. The van der Waals surface area contributed by atoms with Gasteiger partial charge in [0, 0.05) is 23.4 Å². The molecular formula is C11H13N3O2. The zero-order valence-corrected chi connectivity index (χ0v) is 9.15. The minimum Gasteiger partial charge on any atom is -0.381 e. The fraction of sp³-hybridized carbons (Fsp3) is 0.273. The van der Waals surface area contributed by atoms with Gasteiger partial charge in [-0.1, -0.05) is 19.0 Å². The molecule has 0 saturated carbocycles. The van der Waals surface area contributed by atoms with Crippen molar-refractivity contribution in [2.24, 2.45) is 0 Å². The summed E-state index contributed by atoms with van der Waals surface area (Å²) in [5, 5.41) is 3.75. The molecule has 0 bridgehead atoms. The molecule has 0 saturated heterocycles. The second-order valence-corrected chi connectivity index (χ2v) is 3.91. The number of nitrogens with zero attached hydrogens (tertiary/aromatic N) is 1. The quantitative estimate of drug-likeness (QED) is 0.805. The second kappa shape index (κ2) is 3.84. The molecule has 0 amide bonds. The maximum atomic E-state index is 11.0. The predicted molar refractivity (Wildman–Crippen MR) is 61.1 cm³/mol. The van der Waals surface area contributed by atoms with Crippen LogP contribution in [0, 0.1) is 0 Å². The topological polar surface area (TPSA) is 84.9 Å². The van der Waals surface area contributed by atoms with Gasteiger partial charge in [0.15, 0.2) is 11.6 Å². The van der Waals surface area contributed by atoms with E-state index in [1.54, 1.807) is 12.3 Å².